The fourth-order valence-corrected chi connectivity index (χ4v) is 1.56. The Labute approximate surface area is 88.0 Å². The van der Waals surface area contributed by atoms with Crippen molar-refractivity contribution in [1.29, 1.82) is 5.41 Å². The van der Waals surface area contributed by atoms with E-state index in [0.29, 0.717) is 19.5 Å². The van der Waals surface area contributed by atoms with E-state index in [1.54, 1.807) is 4.90 Å². The van der Waals surface area contributed by atoms with Gasteiger partial charge in [-0.25, -0.2) is 0 Å². The summed E-state index contributed by atoms with van der Waals surface area (Å²) in [6, 6.07) is -0.352. The fraction of sp³-hybridized carbons (Fsp3) is 0.625. The Balaban J connectivity index is 2.78. The van der Waals surface area contributed by atoms with Gasteiger partial charge in [0, 0.05) is 13.1 Å². The Bertz CT molecular complexity index is 296. The molecule has 0 radical (unpaired) electrons. The molecule has 15 heavy (non-hydrogen) atoms. The molecule has 0 aliphatic carbocycles. The third kappa shape index (κ3) is 2.58. The third-order valence-electron chi connectivity index (χ3n) is 2.22. The quantitative estimate of drug-likeness (QED) is 0.309. The Morgan fingerprint density at radius 3 is 2.93 bits per heavy atom. The van der Waals surface area contributed by atoms with Gasteiger partial charge in [-0.3, -0.25) is 10.2 Å². The van der Waals surface area contributed by atoms with Crippen LogP contribution < -0.4 is 16.8 Å². The standard InChI is InChI=1S/C8H16N6O/c1-2-5-6(15)12-3-4-14(5)8(11)13-7(9)10/h5H,2-4H2,1H3,(H,12,15)(H5,9,10,11,13). The van der Waals surface area contributed by atoms with Crippen LogP contribution in [0.25, 0.3) is 0 Å². The van der Waals surface area contributed by atoms with E-state index >= 15 is 0 Å². The van der Waals surface area contributed by atoms with Gasteiger partial charge in [-0.05, 0) is 6.42 Å². The Hall–Kier alpha value is -1.79. The average Bonchev–Trinajstić information content (AvgIpc) is 2.16. The molecule has 7 heteroatoms. The van der Waals surface area contributed by atoms with Gasteiger partial charge in [-0.2, -0.15) is 4.99 Å². The van der Waals surface area contributed by atoms with Crippen molar-refractivity contribution in [3.8, 4) is 0 Å². The van der Waals surface area contributed by atoms with Gasteiger partial charge in [0.15, 0.2) is 5.96 Å². The minimum atomic E-state index is -0.352. The number of rotatable bonds is 1. The molecule has 0 aromatic heterocycles. The first-order valence-corrected chi connectivity index (χ1v) is 4.78. The number of carbonyl (C=O) groups is 1. The number of guanidine groups is 2. The zero-order valence-corrected chi connectivity index (χ0v) is 8.66. The van der Waals surface area contributed by atoms with Crippen molar-refractivity contribution >= 4 is 17.8 Å². The average molecular weight is 212 g/mol. The molecule has 1 saturated heterocycles. The van der Waals surface area contributed by atoms with E-state index in [-0.39, 0.29) is 23.9 Å². The summed E-state index contributed by atoms with van der Waals surface area (Å²) in [7, 11) is 0. The molecule has 1 unspecified atom stereocenters. The summed E-state index contributed by atoms with van der Waals surface area (Å²) in [5.41, 5.74) is 10.4. The van der Waals surface area contributed by atoms with Crippen molar-refractivity contribution in [2.24, 2.45) is 16.5 Å². The van der Waals surface area contributed by atoms with Gasteiger partial charge < -0.3 is 21.7 Å². The van der Waals surface area contributed by atoms with Crippen molar-refractivity contribution in [3.63, 3.8) is 0 Å². The van der Waals surface area contributed by atoms with E-state index in [9.17, 15) is 4.79 Å². The molecular formula is C8H16N6O. The van der Waals surface area contributed by atoms with Gasteiger partial charge in [0.05, 0.1) is 0 Å². The van der Waals surface area contributed by atoms with Crippen molar-refractivity contribution in [1.82, 2.24) is 10.2 Å². The van der Waals surface area contributed by atoms with Gasteiger partial charge in [0.2, 0.25) is 11.9 Å². The maximum Gasteiger partial charge on any atom is 0.242 e. The highest BCUT2D eigenvalue weighted by Gasteiger charge is 2.29. The summed E-state index contributed by atoms with van der Waals surface area (Å²) in [5, 5.41) is 10.4. The number of nitrogens with two attached hydrogens (primary N) is 2. The maximum atomic E-state index is 11.5. The van der Waals surface area contributed by atoms with E-state index in [1.165, 1.54) is 0 Å². The van der Waals surface area contributed by atoms with Gasteiger partial charge in [0.25, 0.3) is 0 Å². The van der Waals surface area contributed by atoms with Crippen LogP contribution in [0.15, 0.2) is 4.99 Å². The number of hydrogen-bond donors (Lipinski definition) is 4. The molecule has 0 saturated carbocycles. The summed E-state index contributed by atoms with van der Waals surface area (Å²) in [6.45, 7) is 2.95. The molecule has 1 fully saturated rings. The number of hydrogen-bond acceptors (Lipinski definition) is 2. The molecule has 1 aliphatic heterocycles. The molecule has 7 nitrogen and oxygen atoms in total. The fourth-order valence-electron chi connectivity index (χ4n) is 1.56. The SMILES string of the molecule is CCC1C(=O)NCCN1C(=N)N=C(N)N. The zero-order chi connectivity index (χ0) is 11.4. The lowest BCUT2D eigenvalue weighted by atomic mass is 10.1. The van der Waals surface area contributed by atoms with Crippen LogP contribution in [0.3, 0.4) is 0 Å². The summed E-state index contributed by atoms with van der Waals surface area (Å²) in [6.07, 6.45) is 0.619. The highest BCUT2D eigenvalue weighted by molar-refractivity contribution is 5.95. The van der Waals surface area contributed by atoms with E-state index in [1.807, 2.05) is 6.92 Å². The lowest BCUT2D eigenvalue weighted by Crippen LogP contribution is -2.56. The van der Waals surface area contributed by atoms with Crippen LogP contribution in [0.5, 0.6) is 0 Å². The largest absolute Gasteiger partial charge is 0.370 e. The van der Waals surface area contributed by atoms with Crippen molar-refractivity contribution in [2.75, 3.05) is 13.1 Å². The molecular weight excluding hydrogens is 196 g/mol. The van der Waals surface area contributed by atoms with E-state index in [2.05, 4.69) is 10.3 Å². The van der Waals surface area contributed by atoms with Gasteiger partial charge in [-0.15, -0.1) is 0 Å². The molecule has 1 atom stereocenters. The van der Waals surface area contributed by atoms with Gasteiger partial charge >= 0.3 is 0 Å². The highest BCUT2D eigenvalue weighted by atomic mass is 16.2. The van der Waals surface area contributed by atoms with Crippen LogP contribution in [-0.4, -0.2) is 41.9 Å². The first kappa shape index (κ1) is 11.3. The summed E-state index contributed by atoms with van der Waals surface area (Å²) in [5.74, 6) is -0.308. The monoisotopic (exact) mass is 212 g/mol. The number of piperazine rings is 1. The molecule has 1 amide bonds. The van der Waals surface area contributed by atoms with Crippen molar-refractivity contribution < 1.29 is 4.79 Å². The molecule has 0 spiro atoms. The summed E-state index contributed by atoms with van der Waals surface area (Å²) in [4.78, 5) is 16.7. The van der Waals surface area contributed by atoms with Crippen molar-refractivity contribution in [3.05, 3.63) is 0 Å². The normalized spacial score (nSPS) is 20.7. The second-order valence-electron chi connectivity index (χ2n) is 3.27. The van der Waals surface area contributed by atoms with Crippen LogP contribution in [0.2, 0.25) is 0 Å². The Morgan fingerprint density at radius 2 is 2.40 bits per heavy atom. The second-order valence-corrected chi connectivity index (χ2v) is 3.27. The van der Waals surface area contributed by atoms with E-state index in [4.69, 9.17) is 16.9 Å². The molecule has 1 heterocycles. The summed E-state index contributed by atoms with van der Waals surface area (Å²) >= 11 is 0. The molecule has 1 rings (SSSR count). The number of nitrogens with one attached hydrogen (secondary N) is 2. The number of amides is 1. The third-order valence-corrected chi connectivity index (χ3v) is 2.22. The summed E-state index contributed by atoms with van der Waals surface area (Å²) < 4.78 is 0. The minimum absolute atomic E-state index is 0.0586. The molecule has 6 N–H and O–H groups in total. The lowest BCUT2D eigenvalue weighted by molar-refractivity contribution is -0.127. The predicted molar refractivity (Wildman–Crippen MR) is 57.3 cm³/mol. The van der Waals surface area contributed by atoms with Crippen LogP contribution in [-0.2, 0) is 4.79 Å². The Kier molecular flexibility index (Phi) is 3.48. The van der Waals surface area contributed by atoms with Crippen LogP contribution in [0.1, 0.15) is 13.3 Å². The second kappa shape index (κ2) is 4.63. The number of carbonyl (C=O) groups excluding carboxylic acids is 1. The smallest absolute Gasteiger partial charge is 0.242 e. The minimum Gasteiger partial charge on any atom is -0.370 e. The molecule has 84 valence electrons. The zero-order valence-electron chi connectivity index (χ0n) is 8.66. The van der Waals surface area contributed by atoms with Gasteiger partial charge in [-0.1, -0.05) is 6.92 Å². The van der Waals surface area contributed by atoms with Crippen LogP contribution >= 0.6 is 0 Å². The molecule has 0 aromatic carbocycles. The van der Waals surface area contributed by atoms with Crippen LogP contribution in [0.4, 0.5) is 0 Å². The maximum absolute atomic E-state index is 11.5. The predicted octanol–water partition coefficient (Wildman–Crippen LogP) is -1.60. The highest BCUT2D eigenvalue weighted by Crippen LogP contribution is 2.09. The topological polar surface area (TPSA) is 121 Å². The lowest BCUT2D eigenvalue weighted by Gasteiger charge is -2.34. The molecule has 0 bridgehead atoms. The molecule has 1 aliphatic rings. The molecule has 0 aromatic rings. The van der Waals surface area contributed by atoms with E-state index in [0.717, 1.165) is 0 Å². The number of aliphatic imine (C=N–C) groups is 1. The first-order valence-electron chi connectivity index (χ1n) is 4.78. The first-order chi connectivity index (χ1) is 7.06. The number of nitrogens with zero attached hydrogens (tertiary/aromatic N) is 2. The van der Waals surface area contributed by atoms with Gasteiger partial charge in [0.1, 0.15) is 6.04 Å². The van der Waals surface area contributed by atoms with Crippen molar-refractivity contribution in [2.45, 2.75) is 19.4 Å². The van der Waals surface area contributed by atoms with Crippen LogP contribution in [0, 0.1) is 5.41 Å². The Morgan fingerprint density at radius 1 is 1.73 bits per heavy atom. The van der Waals surface area contributed by atoms with E-state index < -0.39 is 0 Å².